The number of benzene rings is 3. The number of ether oxygens (including phenoxy) is 4. The smallest absolute Gasteiger partial charge is 0.407 e. The lowest BCUT2D eigenvalue weighted by Gasteiger charge is -2.24. The number of anilines is 2. The Bertz CT molecular complexity index is 1640. The topological polar surface area (TPSA) is 153 Å². The largest absolute Gasteiger partial charge is 0.489 e. The molecule has 3 atom stereocenters. The first-order chi connectivity index (χ1) is 21.0. The van der Waals surface area contributed by atoms with Crippen molar-refractivity contribution in [3.63, 3.8) is 0 Å². The molecule has 4 N–H and O–H groups in total. The van der Waals surface area contributed by atoms with Crippen LogP contribution in [0.15, 0.2) is 83.8 Å². The van der Waals surface area contributed by atoms with Gasteiger partial charge in [0.05, 0.1) is 25.5 Å². The predicted octanol–water partition coefficient (Wildman–Crippen LogP) is 3.71. The molecule has 3 heterocycles. The Morgan fingerprint density at radius 1 is 1.05 bits per heavy atom. The number of para-hydroxylation sites is 1. The van der Waals surface area contributed by atoms with E-state index in [0.29, 0.717) is 17.2 Å². The Hall–Kier alpha value is -4.91. The number of amides is 1. The number of aromatic nitrogens is 2. The lowest BCUT2D eigenvalue weighted by molar-refractivity contribution is -0.0459. The molecular formula is C31H30N4O8. The molecule has 6 rings (SSSR count). The quantitative estimate of drug-likeness (QED) is 0.188. The first kappa shape index (κ1) is 28.2. The van der Waals surface area contributed by atoms with Crippen LogP contribution in [0.2, 0.25) is 0 Å². The molecule has 0 spiro atoms. The number of hydrogen-bond donors (Lipinski definition) is 4. The molecule has 1 saturated heterocycles. The second-order valence-corrected chi connectivity index (χ2v) is 10.0. The van der Waals surface area contributed by atoms with Gasteiger partial charge in [-0.05, 0) is 28.8 Å². The Balaban J connectivity index is 1.00. The van der Waals surface area contributed by atoms with E-state index in [1.165, 1.54) is 10.8 Å². The average molecular weight is 587 g/mol. The molecule has 2 aliphatic heterocycles. The van der Waals surface area contributed by atoms with Crippen molar-refractivity contribution in [2.45, 2.75) is 31.5 Å². The first-order valence-electron chi connectivity index (χ1n) is 13.8. The van der Waals surface area contributed by atoms with Crippen molar-refractivity contribution in [1.29, 1.82) is 0 Å². The predicted molar refractivity (Wildman–Crippen MR) is 155 cm³/mol. The number of fused-ring (bicyclic) bond motifs is 2. The highest BCUT2D eigenvalue weighted by Crippen LogP contribution is 2.45. The van der Waals surface area contributed by atoms with Crippen molar-refractivity contribution >= 4 is 17.6 Å². The molecule has 3 aromatic carbocycles. The summed E-state index contributed by atoms with van der Waals surface area (Å²) in [6, 6.07) is 23.1. The number of carbonyl (C=O) groups is 1. The second-order valence-electron chi connectivity index (χ2n) is 10.0. The summed E-state index contributed by atoms with van der Waals surface area (Å²) in [7, 11) is 0. The second kappa shape index (κ2) is 12.5. The fourth-order valence-electron chi connectivity index (χ4n) is 4.89. The van der Waals surface area contributed by atoms with Gasteiger partial charge in [-0.25, -0.2) is 9.59 Å². The maximum Gasteiger partial charge on any atom is 0.407 e. The molecule has 0 bridgehead atoms. The Morgan fingerprint density at radius 3 is 2.60 bits per heavy atom. The third kappa shape index (κ3) is 6.31. The van der Waals surface area contributed by atoms with Crippen molar-refractivity contribution < 1.29 is 34.0 Å². The lowest BCUT2D eigenvalue weighted by atomic mass is 10.0. The Labute approximate surface area is 246 Å². The van der Waals surface area contributed by atoms with Crippen LogP contribution in [0.5, 0.6) is 17.2 Å². The highest BCUT2D eigenvalue weighted by atomic mass is 16.6. The number of aliphatic hydroxyl groups excluding tert-OH is 2. The van der Waals surface area contributed by atoms with E-state index in [2.05, 4.69) is 15.6 Å². The number of nitrogens with one attached hydrogen (secondary N) is 2. The zero-order valence-corrected chi connectivity index (χ0v) is 23.0. The minimum Gasteiger partial charge on any atom is -0.489 e. The van der Waals surface area contributed by atoms with Crippen molar-refractivity contribution in [3.05, 3.63) is 95.0 Å². The van der Waals surface area contributed by atoms with E-state index in [-0.39, 0.29) is 44.4 Å². The van der Waals surface area contributed by atoms with Gasteiger partial charge in [0.25, 0.3) is 0 Å². The number of hydrogen-bond acceptors (Lipinski definition) is 10. The van der Waals surface area contributed by atoms with Gasteiger partial charge in [-0.3, -0.25) is 4.57 Å². The van der Waals surface area contributed by atoms with Crippen LogP contribution in [0.1, 0.15) is 18.2 Å². The maximum absolute atomic E-state index is 12.7. The first-order valence-corrected chi connectivity index (χ1v) is 13.8. The van der Waals surface area contributed by atoms with E-state index < -0.39 is 30.2 Å². The lowest BCUT2D eigenvalue weighted by Crippen LogP contribution is -2.29. The van der Waals surface area contributed by atoms with Gasteiger partial charge in [0, 0.05) is 6.42 Å². The van der Waals surface area contributed by atoms with E-state index in [1.807, 2.05) is 54.6 Å². The molecule has 0 radical (unpaired) electrons. The average Bonchev–Trinajstić information content (AvgIpc) is 3.41. The van der Waals surface area contributed by atoms with E-state index in [1.54, 1.807) is 18.2 Å². The zero-order chi connectivity index (χ0) is 29.8. The molecule has 0 unspecified atom stereocenters. The van der Waals surface area contributed by atoms with E-state index in [4.69, 9.17) is 18.9 Å². The fourth-order valence-corrected chi connectivity index (χ4v) is 4.89. The molecule has 1 fully saturated rings. The number of nitrogens with zero attached hydrogens (tertiary/aromatic N) is 2. The summed E-state index contributed by atoms with van der Waals surface area (Å²) in [5.41, 5.74) is 2.95. The number of aliphatic hydroxyl groups is 2. The fraction of sp³-hybridized carbons (Fsp3) is 0.258. The molecule has 43 heavy (non-hydrogen) atoms. The van der Waals surface area contributed by atoms with E-state index >= 15 is 0 Å². The summed E-state index contributed by atoms with van der Waals surface area (Å²) in [6.07, 6.45) is -1.43. The maximum atomic E-state index is 12.7. The molecule has 2 aliphatic rings. The van der Waals surface area contributed by atoms with Gasteiger partial charge < -0.3 is 39.8 Å². The van der Waals surface area contributed by atoms with Crippen molar-refractivity contribution in [2.24, 2.45) is 0 Å². The van der Waals surface area contributed by atoms with Crippen LogP contribution in [0.3, 0.4) is 0 Å². The molecule has 0 saturated carbocycles. The van der Waals surface area contributed by atoms with Crippen LogP contribution < -0.4 is 25.8 Å². The third-order valence-corrected chi connectivity index (χ3v) is 7.12. The standard InChI is InChI=1S/C31H30N4O8/c36-17-26-22(37)15-27(43-26)35-16-25-29(34-30(35)38)33-28-23(7-4-8-24(28)42-25)40-14-13-32-31(39)41-18-19-9-11-21(12-10-19)20-5-2-1-3-6-20/h1-12,16,22,26-27,36-37H,13-15,17-18H2,(H,32,39)(H,33,34,38)/t22-,26-,27-/m1/s1. The summed E-state index contributed by atoms with van der Waals surface area (Å²) in [5, 5.41) is 25.1. The summed E-state index contributed by atoms with van der Waals surface area (Å²) < 4.78 is 24.0. The Morgan fingerprint density at radius 2 is 1.84 bits per heavy atom. The van der Waals surface area contributed by atoms with Crippen molar-refractivity contribution in [1.82, 2.24) is 14.9 Å². The van der Waals surface area contributed by atoms with Crippen LogP contribution in [0.4, 0.5) is 16.3 Å². The summed E-state index contributed by atoms with van der Waals surface area (Å²) >= 11 is 0. The van der Waals surface area contributed by atoms with E-state index in [0.717, 1.165) is 16.7 Å². The van der Waals surface area contributed by atoms with Gasteiger partial charge in [-0.1, -0.05) is 60.7 Å². The minimum atomic E-state index is -0.897. The third-order valence-electron chi connectivity index (χ3n) is 7.12. The molecule has 222 valence electrons. The molecule has 12 nitrogen and oxygen atoms in total. The molecule has 1 aromatic heterocycles. The van der Waals surface area contributed by atoms with Gasteiger partial charge in [-0.15, -0.1) is 0 Å². The summed E-state index contributed by atoms with van der Waals surface area (Å²) in [6.45, 7) is 0.116. The summed E-state index contributed by atoms with van der Waals surface area (Å²) in [5.74, 6) is 1.37. The van der Waals surface area contributed by atoms with Crippen molar-refractivity contribution in [2.75, 3.05) is 25.1 Å². The highest BCUT2D eigenvalue weighted by molar-refractivity contribution is 5.77. The zero-order valence-electron chi connectivity index (χ0n) is 23.0. The minimum absolute atomic E-state index is 0.136. The number of alkyl carbamates (subject to hydrolysis) is 1. The molecule has 1 amide bonds. The SMILES string of the molecule is O=C(NCCOc1cccc2c1Nc1nc(=O)n([C@H]3C[C@@H](O)[C@@H](CO)O3)cc1O2)OCc1ccc(-c2ccccc2)cc1. The number of carbonyl (C=O) groups excluding carboxylic acids is 1. The Kier molecular flexibility index (Phi) is 8.22. The molecule has 4 aromatic rings. The van der Waals surface area contributed by atoms with Crippen LogP contribution in [0, 0.1) is 0 Å². The van der Waals surface area contributed by atoms with Crippen LogP contribution in [0.25, 0.3) is 11.1 Å². The normalized spacial score (nSPS) is 18.5. The highest BCUT2D eigenvalue weighted by Gasteiger charge is 2.36. The monoisotopic (exact) mass is 586 g/mol. The molecule has 12 heteroatoms. The van der Waals surface area contributed by atoms with Gasteiger partial charge in [0.15, 0.2) is 17.3 Å². The molecule has 0 aliphatic carbocycles. The summed E-state index contributed by atoms with van der Waals surface area (Å²) in [4.78, 5) is 29.0. The van der Waals surface area contributed by atoms with Crippen molar-refractivity contribution in [3.8, 4) is 28.4 Å². The van der Waals surface area contributed by atoms with Crippen LogP contribution in [-0.4, -0.2) is 57.8 Å². The van der Waals surface area contributed by atoms with Gasteiger partial charge in [0.1, 0.15) is 37.0 Å². The van der Waals surface area contributed by atoms with E-state index in [9.17, 15) is 19.8 Å². The number of rotatable bonds is 9. The van der Waals surface area contributed by atoms with Crippen LogP contribution in [-0.2, 0) is 16.1 Å². The van der Waals surface area contributed by atoms with Crippen LogP contribution >= 0.6 is 0 Å². The van der Waals surface area contributed by atoms with Gasteiger partial charge >= 0.3 is 11.8 Å². The van der Waals surface area contributed by atoms with Gasteiger partial charge in [-0.2, -0.15) is 4.98 Å². The molecular weight excluding hydrogens is 556 g/mol. The van der Waals surface area contributed by atoms with Gasteiger partial charge in [0.2, 0.25) is 0 Å².